The van der Waals surface area contributed by atoms with Crippen molar-refractivity contribution in [2.75, 3.05) is 19.0 Å². The molecule has 0 radical (unpaired) electrons. The van der Waals surface area contributed by atoms with Crippen LogP contribution in [-0.4, -0.2) is 30.6 Å². The van der Waals surface area contributed by atoms with Crippen LogP contribution < -0.4 is 10.1 Å². The fourth-order valence-electron chi connectivity index (χ4n) is 2.90. The van der Waals surface area contributed by atoms with E-state index in [4.69, 9.17) is 9.47 Å². The molecule has 0 spiro atoms. The molecule has 1 N–H and O–H groups in total. The number of aromatic nitrogens is 1. The van der Waals surface area contributed by atoms with Gasteiger partial charge in [-0.15, -0.1) is 11.3 Å². The molecule has 0 aliphatic rings. The number of hydrogen-bond donors (Lipinski definition) is 1. The van der Waals surface area contributed by atoms with Crippen LogP contribution in [0.3, 0.4) is 0 Å². The Morgan fingerprint density at radius 3 is 2.76 bits per heavy atom. The molecule has 6 nitrogen and oxygen atoms in total. The molecule has 3 rings (SSSR count). The van der Waals surface area contributed by atoms with Crippen molar-refractivity contribution in [3.05, 3.63) is 53.0 Å². The van der Waals surface area contributed by atoms with E-state index in [1.165, 1.54) is 11.8 Å². The number of nitrogens with zero attached hydrogens (tertiary/aromatic N) is 1. The number of aryl methyl sites for hydroxylation is 2. The number of ether oxygens (including phenoxy) is 2. The van der Waals surface area contributed by atoms with Crippen molar-refractivity contribution >= 4 is 39.1 Å². The number of benzene rings is 2. The van der Waals surface area contributed by atoms with E-state index in [1.807, 2.05) is 31.2 Å². The molecule has 1 heterocycles. The van der Waals surface area contributed by atoms with E-state index in [0.29, 0.717) is 17.9 Å². The third-order valence-corrected chi connectivity index (χ3v) is 5.45. The lowest BCUT2D eigenvalue weighted by Gasteiger charge is -2.11. The van der Waals surface area contributed by atoms with E-state index in [1.54, 1.807) is 23.5 Å². The van der Waals surface area contributed by atoms with Crippen LogP contribution in [0.2, 0.25) is 0 Å². The number of carbonyl (C=O) groups is 2. The largest absolute Gasteiger partial charge is 0.495 e. The number of para-hydroxylation sites is 1. The molecule has 0 aliphatic heterocycles. The highest BCUT2D eigenvalue weighted by atomic mass is 32.1. The van der Waals surface area contributed by atoms with Crippen molar-refractivity contribution in [3.63, 3.8) is 0 Å². The summed E-state index contributed by atoms with van der Waals surface area (Å²) in [6, 6.07) is 13.5. The van der Waals surface area contributed by atoms with Gasteiger partial charge in [-0.2, -0.15) is 0 Å². The number of anilines is 1. The molecule has 0 atom stereocenters. The molecule has 0 saturated heterocycles. The van der Waals surface area contributed by atoms with Crippen LogP contribution in [0.25, 0.3) is 10.2 Å². The van der Waals surface area contributed by atoms with Crippen molar-refractivity contribution in [1.82, 2.24) is 4.98 Å². The minimum atomic E-state index is -0.392. The van der Waals surface area contributed by atoms with Gasteiger partial charge in [-0.25, -0.2) is 4.98 Å². The number of methoxy groups -OCH3 is 1. The Balaban J connectivity index is 1.36. The fraction of sp³-hybridized carbons (Fsp3) is 0.318. The van der Waals surface area contributed by atoms with E-state index in [-0.39, 0.29) is 19.0 Å². The number of fused-ring (bicyclic) bond motifs is 1. The van der Waals surface area contributed by atoms with Gasteiger partial charge in [0.1, 0.15) is 5.75 Å². The van der Waals surface area contributed by atoms with Crippen LogP contribution in [0.4, 0.5) is 5.69 Å². The first-order valence-electron chi connectivity index (χ1n) is 9.49. The molecule has 29 heavy (non-hydrogen) atoms. The van der Waals surface area contributed by atoms with Gasteiger partial charge in [0.15, 0.2) is 6.61 Å². The second-order valence-corrected chi connectivity index (χ2v) is 7.81. The van der Waals surface area contributed by atoms with Gasteiger partial charge in [0, 0.05) is 6.42 Å². The number of rotatable bonds is 9. The van der Waals surface area contributed by atoms with Gasteiger partial charge >= 0.3 is 5.97 Å². The molecule has 7 heteroatoms. The molecule has 3 aromatic rings. The van der Waals surface area contributed by atoms with Gasteiger partial charge in [0.25, 0.3) is 5.91 Å². The van der Waals surface area contributed by atoms with Crippen LogP contribution in [0.1, 0.15) is 29.8 Å². The maximum Gasteiger partial charge on any atom is 0.306 e. The lowest BCUT2D eigenvalue weighted by atomic mass is 10.2. The number of unbranched alkanes of at least 4 members (excludes halogenated alkanes) is 1. The number of nitrogens with one attached hydrogen (secondary N) is 1. The van der Waals surface area contributed by atoms with E-state index in [2.05, 4.69) is 16.4 Å². The zero-order valence-corrected chi connectivity index (χ0v) is 17.4. The van der Waals surface area contributed by atoms with Gasteiger partial charge in [-0.3, -0.25) is 9.59 Å². The summed E-state index contributed by atoms with van der Waals surface area (Å²) in [6.45, 7) is 1.61. The normalized spacial score (nSPS) is 10.7. The molecule has 0 aliphatic carbocycles. The molecule has 1 aromatic heterocycles. The minimum Gasteiger partial charge on any atom is -0.495 e. The topological polar surface area (TPSA) is 77.5 Å². The summed E-state index contributed by atoms with van der Waals surface area (Å²) in [6.07, 6.45) is 2.66. The first kappa shape index (κ1) is 20.8. The summed E-state index contributed by atoms with van der Waals surface area (Å²) in [5, 5.41) is 3.79. The molecule has 1 amide bonds. The first-order valence-corrected chi connectivity index (χ1v) is 10.3. The third kappa shape index (κ3) is 6.02. The van der Waals surface area contributed by atoms with Crippen molar-refractivity contribution < 1.29 is 19.1 Å². The van der Waals surface area contributed by atoms with Gasteiger partial charge in [-0.1, -0.05) is 18.2 Å². The van der Waals surface area contributed by atoms with E-state index in [9.17, 15) is 9.59 Å². The minimum absolute atomic E-state index is 0.284. The van der Waals surface area contributed by atoms with Crippen LogP contribution >= 0.6 is 11.3 Å². The Hall–Kier alpha value is -2.93. The number of esters is 1. The van der Waals surface area contributed by atoms with Crippen molar-refractivity contribution in [2.24, 2.45) is 0 Å². The first-order chi connectivity index (χ1) is 14.0. The van der Waals surface area contributed by atoms with Crippen molar-refractivity contribution in [1.29, 1.82) is 0 Å². The highest BCUT2D eigenvalue weighted by Crippen LogP contribution is 2.25. The zero-order valence-electron chi connectivity index (χ0n) is 16.6. The predicted octanol–water partition coefficient (Wildman–Crippen LogP) is 4.51. The fourth-order valence-corrected chi connectivity index (χ4v) is 3.91. The molecule has 0 unspecified atom stereocenters. The summed E-state index contributed by atoms with van der Waals surface area (Å²) in [7, 11) is 1.54. The average Bonchev–Trinajstić information content (AvgIpc) is 3.13. The summed E-state index contributed by atoms with van der Waals surface area (Å²) >= 11 is 1.68. The number of carbonyl (C=O) groups excluding carboxylic acids is 2. The zero-order chi connectivity index (χ0) is 20.6. The summed E-state index contributed by atoms with van der Waals surface area (Å²) in [5.41, 5.74) is 2.57. The van der Waals surface area contributed by atoms with Crippen LogP contribution in [0.5, 0.6) is 5.75 Å². The van der Waals surface area contributed by atoms with Gasteiger partial charge in [0.05, 0.1) is 28.0 Å². The highest BCUT2D eigenvalue weighted by molar-refractivity contribution is 7.18. The van der Waals surface area contributed by atoms with E-state index < -0.39 is 5.91 Å². The van der Waals surface area contributed by atoms with Crippen LogP contribution in [0.15, 0.2) is 42.5 Å². The molecular formula is C22H24N2O4S. The number of hydrogen-bond acceptors (Lipinski definition) is 6. The van der Waals surface area contributed by atoms with E-state index in [0.717, 1.165) is 28.9 Å². The Labute approximate surface area is 173 Å². The number of thiazole rings is 1. The maximum absolute atomic E-state index is 12.0. The lowest BCUT2D eigenvalue weighted by molar-refractivity contribution is -0.147. The SMILES string of the molecule is COc1ccc(C)cc1NC(=O)COC(=O)CCCCc1nc2ccccc2s1. The Kier molecular flexibility index (Phi) is 7.19. The molecule has 0 bridgehead atoms. The van der Waals surface area contributed by atoms with Crippen molar-refractivity contribution in [3.8, 4) is 5.75 Å². The summed E-state index contributed by atoms with van der Waals surface area (Å²) in [4.78, 5) is 28.5. The highest BCUT2D eigenvalue weighted by Gasteiger charge is 2.11. The molecule has 0 saturated carbocycles. The quantitative estimate of drug-likeness (QED) is 0.413. The van der Waals surface area contributed by atoms with Crippen LogP contribution in [0, 0.1) is 6.92 Å². The predicted molar refractivity (Wildman–Crippen MR) is 114 cm³/mol. The number of amides is 1. The average molecular weight is 413 g/mol. The standard InChI is InChI=1S/C22H24N2O4S/c1-15-11-12-18(27-2)17(13-15)23-20(25)14-28-22(26)10-6-5-9-21-24-16-7-3-4-8-19(16)29-21/h3-4,7-8,11-13H,5-6,9-10,14H2,1-2H3,(H,23,25). The second-order valence-electron chi connectivity index (χ2n) is 6.70. The molecular weight excluding hydrogens is 388 g/mol. The molecule has 0 fully saturated rings. The summed E-state index contributed by atoms with van der Waals surface area (Å²) < 4.78 is 11.5. The Bertz CT molecular complexity index is 966. The smallest absolute Gasteiger partial charge is 0.306 e. The van der Waals surface area contributed by atoms with Gasteiger partial charge in [-0.05, 0) is 56.0 Å². The summed E-state index contributed by atoms with van der Waals surface area (Å²) in [5.74, 6) is -0.206. The maximum atomic E-state index is 12.0. The third-order valence-electron chi connectivity index (χ3n) is 4.35. The van der Waals surface area contributed by atoms with Crippen LogP contribution in [-0.2, 0) is 20.7 Å². The Morgan fingerprint density at radius 1 is 1.14 bits per heavy atom. The van der Waals surface area contributed by atoms with E-state index >= 15 is 0 Å². The van der Waals surface area contributed by atoms with Gasteiger partial charge < -0.3 is 14.8 Å². The lowest BCUT2D eigenvalue weighted by Crippen LogP contribution is -2.21. The van der Waals surface area contributed by atoms with Gasteiger partial charge in [0.2, 0.25) is 0 Å². The monoisotopic (exact) mass is 412 g/mol. The molecule has 152 valence electrons. The molecule has 2 aromatic carbocycles. The Morgan fingerprint density at radius 2 is 1.97 bits per heavy atom. The van der Waals surface area contributed by atoms with Crippen molar-refractivity contribution in [2.45, 2.75) is 32.6 Å². The second kappa shape index (κ2) is 10.0.